The number of nitrogens with one attached hydrogen (secondary N) is 1. The Balaban J connectivity index is 2.18. The molecule has 1 aromatic heterocycles. The molecule has 2 heterocycles. The Morgan fingerprint density at radius 2 is 2.15 bits per heavy atom. The molecular weight excluding hydrogens is 166 g/mol. The zero-order valence-corrected chi connectivity index (χ0v) is 7.40. The average Bonchev–Trinajstić information content (AvgIpc) is 2.71. The van der Waals surface area contributed by atoms with Crippen molar-refractivity contribution in [3.8, 4) is 0 Å². The van der Waals surface area contributed by atoms with Crippen molar-refractivity contribution in [1.82, 2.24) is 9.97 Å². The fourth-order valence-corrected chi connectivity index (χ4v) is 1.54. The van der Waals surface area contributed by atoms with Crippen LogP contribution in [0.15, 0.2) is 12.3 Å². The maximum absolute atomic E-state index is 5.22. The zero-order valence-electron chi connectivity index (χ0n) is 7.40. The molecule has 0 bridgehead atoms. The van der Waals surface area contributed by atoms with Crippen molar-refractivity contribution in [2.75, 3.05) is 23.4 Å². The molecule has 1 fully saturated rings. The maximum Gasteiger partial charge on any atom is 0.239 e. The first kappa shape index (κ1) is 8.25. The summed E-state index contributed by atoms with van der Waals surface area (Å²) in [5.74, 6) is 6.66. The van der Waals surface area contributed by atoms with Crippen molar-refractivity contribution >= 4 is 11.8 Å². The van der Waals surface area contributed by atoms with Crippen LogP contribution >= 0.6 is 0 Å². The molecule has 13 heavy (non-hydrogen) atoms. The van der Waals surface area contributed by atoms with Gasteiger partial charge in [-0.05, 0) is 18.9 Å². The number of nitrogen functional groups attached to an aromatic ring is 1. The predicted octanol–water partition coefficient (Wildman–Crippen LogP) is 0.362. The summed E-state index contributed by atoms with van der Waals surface area (Å²) in [5.41, 5.74) is 2.44. The number of hydrogen-bond acceptors (Lipinski definition) is 5. The molecule has 2 rings (SSSR count). The summed E-state index contributed by atoms with van der Waals surface area (Å²) in [6.07, 6.45) is 4.21. The van der Waals surface area contributed by atoms with Gasteiger partial charge in [-0.15, -0.1) is 0 Å². The van der Waals surface area contributed by atoms with E-state index in [-0.39, 0.29) is 0 Å². The highest BCUT2D eigenvalue weighted by Gasteiger charge is 2.13. The van der Waals surface area contributed by atoms with Crippen LogP contribution in [0.1, 0.15) is 12.8 Å². The molecule has 70 valence electrons. The second-order valence-electron chi connectivity index (χ2n) is 3.08. The van der Waals surface area contributed by atoms with Gasteiger partial charge in [-0.25, -0.2) is 10.8 Å². The maximum atomic E-state index is 5.22. The van der Waals surface area contributed by atoms with Crippen LogP contribution in [-0.2, 0) is 0 Å². The first-order valence-electron chi connectivity index (χ1n) is 4.45. The van der Waals surface area contributed by atoms with Crippen LogP contribution in [-0.4, -0.2) is 23.1 Å². The van der Waals surface area contributed by atoms with Crippen LogP contribution in [0.3, 0.4) is 0 Å². The van der Waals surface area contributed by atoms with Crippen molar-refractivity contribution < 1.29 is 0 Å². The van der Waals surface area contributed by atoms with E-state index in [4.69, 9.17) is 5.84 Å². The monoisotopic (exact) mass is 179 g/mol. The Hall–Kier alpha value is -1.36. The quantitative estimate of drug-likeness (QED) is 0.507. The second kappa shape index (κ2) is 3.57. The van der Waals surface area contributed by atoms with Crippen molar-refractivity contribution in [2.24, 2.45) is 5.84 Å². The van der Waals surface area contributed by atoms with Crippen LogP contribution in [0.25, 0.3) is 0 Å². The fraction of sp³-hybridized carbons (Fsp3) is 0.500. The molecule has 1 aliphatic heterocycles. The van der Waals surface area contributed by atoms with Crippen LogP contribution in [0.4, 0.5) is 11.8 Å². The molecule has 0 spiro atoms. The van der Waals surface area contributed by atoms with Gasteiger partial charge >= 0.3 is 0 Å². The fourth-order valence-electron chi connectivity index (χ4n) is 1.54. The predicted molar refractivity (Wildman–Crippen MR) is 51.3 cm³/mol. The number of anilines is 2. The van der Waals surface area contributed by atoms with Gasteiger partial charge in [0.15, 0.2) is 0 Å². The van der Waals surface area contributed by atoms with Crippen molar-refractivity contribution in [3.63, 3.8) is 0 Å². The van der Waals surface area contributed by atoms with Crippen LogP contribution in [0.5, 0.6) is 0 Å². The lowest BCUT2D eigenvalue weighted by Gasteiger charge is -2.15. The molecule has 0 saturated carbocycles. The highest BCUT2D eigenvalue weighted by Crippen LogP contribution is 2.17. The Morgan fingerprint density at radius 3 is 2.85 bits per heavy atom. The number of aromatic nitrogens is 2. The minimum absolute atomic E-state index is 0.476. The number of nitrogens with zero attached hydrogens (tertiary/aromatic N) is 3. The molecule has 0 aromatic carbocycles. The molecule has 5 heteroatoms. The van der Waals surface area contributed by atoms with E-state index < -0.39 is 0 Å². The third kappa shape index (κ3) is 1.70. The highest BCUT2D eigenvalue weighted by atomic mass is 15.3. The van der Waals surface area contributed by atoms with Crippen molar-refractivity contribution in [1.29, 1.82) is 0 Å². The van der Waals surface area contributed by atoms with Gasteiger partial charge in [-0.1, -0.05) is 0 Å². The molecule has 1 saturated heterocycles. The molecular formula is C8H13N5. The number of hydrazine groups is 1. The van der Waals surface area contributed by atoms with E-state index in [1.54, 1.807) is 6.20 Å². The van der Waals surface area contributed by atoms with E-state index in [1.165, 1.54) is 12.8 Å². The Labute approximate surface area is 76.9 Å². The molecule has 0 unspecified atom stereocenters. The highest BCUT2D eigenvalue weighted by molar-refractivity contribution is 5.42. The summed E-state index contributed by atoms with van der Waals surface area (Å²) in [6.45, 7) is 2.17. The van der Waals surface area contributed by atoms with Gasteiger partial charge in [0.2, 0.25) is 5.95 Å². The molecule has 0 amide bonds. The first-order valence-corrected chi connectivity index (χ1v) is 4.45. The lowest BCUT2D eigenvalue weighted by Crippen LogP contribution is -2.20. The normalized spacial score (nSPS) is 16.2. The van der Waals surface area contributed by atoms with Gasteiger partial charge in [-0.2, -0.15) is 4.98 Å². The topological polar surface area (TPSA) is 67.1 Å². The molecule has 1 aliphatic rings. The standard InChI is InChI=1S/C8H13N5/c9-12-8-10-4-3-7(11-8)13-5-1-2-6-13/h3-4H,1-2,5-6,9H2,(H,10,11,12). The van der Waals surface area contributed by atoms with Crippen LogP contribution in [0.2, 0.25) is 0 Å². The van der Waals surface area contributed by atoms with Gasteiger partial charge < -0.3 is 4.90 Å². The van der Waals surface area contributed by atoms with E-state index in [0.29, 0.717) is 5.95 Å². The lowest BCUT2D eigenvalue weighted by atomic mass is 10.4. The number of nitrogens with two attached hydrogens (primary N) is 1. The Morgan fingerprint density at radius 1 is 1.38 bits per heavy atom. The summed E-state index contributed by atoms with van der Waals surface area (Å²) in [7, 11) is 0. The lowest BCUT2D eigenvalue weighted by molar-refractivity contribution is 0.926. The van der Waals surface area contributed by atoms with E-state index >= 15 is 0 Å². The number of rotatable bonds is 2. The summed E-state index contributed by atoms with van der Waals surface area (Å²) in [6, 6.07) is 1.91. The minimum Gasteiger partial charge on any atom is -0.356 e. The zero-order chi connectivity index (χ0) is 9.10. The molecule has 5 nitrogen and oxygen atoms in total. The van der Waals surface area contributed by atoms with E-state index in [0.717, 1.165) is 18.9 Å². The van der Waals surface area contributed by atoms with E-state index in [1.807, 2.05) is 6.07 Å². The van der Waals surface area contributed by atoms with Gasteiger partial charge in [0.25, 0.3) is 0 Å². The second-order valence-corrected chi connectivity index (χ2v) is 3.08. The van der Waals surface area contributed by atoms with Gasteiger partial charge in [0.05, 0.1) is 0 Å². The Bertz CT molecular complexity index is 282. The summed E-state index contributed by atoms with van der Waals surface area (Å²) in [5, 5.41) is 0. The summed E-state index contributed by atoms with van der Waals surface area (Å²) < 4.78 is 0. The minimum atomic E-state index is 0.476. The van der Waals surface area contributed by atoms with Crippen molar-refractivity contribution in [3.05, 3.63) is 12.3 Å². The van der Waals surface area contributed by atoms with Gasteiger partial charge in [0.1, 0.15) is 5.82 Å². The third-order valence-corrected chi connectivity index (χ3v) is 2.20. The molecule has 1 aromatic rings. The summed E-state index contributed by atoms with van der Waals surface area (Å²) in [4.78, 5) is 10.4. The first-order chi connectivity index (χ1) is 6.40. The van der Waals surface area contributed by atoms with Gasteiger partial charge in [0, 0.05) is 19.3 Å². The van der Waals surface area contributed by atoms with E-state index in [9.17, 15) is 0 Å². The average molecular weight is 179 g/mol. The Kier molecular flexibility index (Phi) is 2.27. The molecule has 0 radical (unpaired) electrons. The molecule has 0 atom stereocenters. The van der Waals surface area contributed by atoms with E-state index in [2.05, 4.69) is 20.3 Å². The molecule has 0 aliphatic carbocycles. The SMILES string of the molecule is NNc1nccc(N2CCCC2)n1. The van der Waals surface area contributed by atoms with Crippen LogP contribution in [0, 0.1) is 0 Å². The van der Waals surface area contributed by atoms with Gasteiger partial charge in [-0.3, -0.25) is 5.43 Å². The number of hydrogen-bond donors (Lipinski definition) is 2. The van der Waals surface area contributed by atoms with Crippen LogP contribution < -0.4 is 16.2 Å². The van der Waals surface area contributed by atoms with Crippen molar-refractivity contribution in [2.45, 2.75) is 12.8 Å². The summed E-state index contributed by atoms with van der Waals surface area (Å²) >= 11 is 0. The largest absolute Gasteiger partial charge is 0.356 e. The smallest absolute Gasteiger partial charge is 0.239 e. The molecule has 3 N–H and O–H groups in total. The third-order valence-electron chi connectivity index (χ3n) is 2.20.